The van der Waals surface area contributed by atoms with Crippen LogP contribution in [0, 0.1) is 0 Å². The smallest absolute Gasteiger partial charge is 0.321 e. The first-order valence-electron chi connectivity index (χ1n) is 8.32. The highest BCUT2D eigenvalue weighted by Gasteiger charge is 2.31. The van der Waals surface area contributed by atoms with E-state index in [0.29, 0.717) is 30.5 Å². The fourth-order valence-electron chi connectivity index (χ4n) is 2.68. The number of rotatable bonds is 7. The minimum atomic E-state index is -0.827. The number of hydrogen-bond donors (Lipinski definition) is 2. The van der Waals surface area contributed by atoms with Gasteiger partial charge in [0.2, 0.25) is 0 Å². The molecule has 0 radical (unpaired) electrons. The molecule has 1 aliphatic rings. The largest absolute Gasteiger partial charge is 0.490 e. The quantitative estimate of drug-likeness (QED) is 0.675. The minimum Gasteiger partial charge on any atom is -0.490 e. The van der Waals surface area contributed by atoms with E-state index in [0.717, 1.165) is 15.6 Å². The Labute approximate surface area is 165 Å². The van der Waals surface area contributed by atoms with Crippen molar-refractivity contribution in [1.29, 1.82) is 0 Å². The molecule has 7 heteroatoms. The first-order chi connectivity index (χ1) is 12.6. The first-order valence-corrected chi connectivity index (χ1v) is 10.2. The molecule has 3 rings (SSSR count). The van der Waals surface area contributed by atoms with Crippen molar-refractivity contribution in [2.45, 2.75) is 24.9 Å². The lowest BCUT2D eigenvalue weighted by molar-refractivity contribution is -0.138. The number of halogens is 1. The zero-order valence-electron chi connectivity index (χ0n) is 14.3. The molecule has 0 saturated carbocycles. The van der Waals surface area contributed by atoms with E-state index >= 15 is 0 Å². The van der Waals surface area contributed by atoms with E-state index in [4.69, 9.17) is 14.6 Å². The maximum atomic E-state index is 11.2. The van der Waals surface area contributed by atoms with Crippen molar-refractivity contribution in [3.63, 3.8) is 0 Å². The van der Waals surface area contributed by atoms with Crippen molar-refractivity contribution in [2.24, 2.45) is 0 Å². The van der Waals surface area contributed by atoms with E-state index in [1.54, 1.807) is 11.8 Å². The third kappa shape index (κ3) is 4.52. The molecule has 0 bridgehead atoms. The Hall–Kier alpha value is -1.70. The van der Waals surface area contributed by atoms with E-state index in [1.807, 2.05) is 49.4 Å². The van der Waals surface area contributed by atoms with Crippen molar-refractivity contribution in [1.82, 2.24) is 5.32 Å². The van der Waals surface area contributed by atoms with E-state index in [2.05, 4.69) is 21.2 Å². The van der Waals surface area contributed by atoms with Crippen LogP contribution in [0.1, 0.15) is 23.4 Å². The highest BCUT2D eigenvalue weighted by Crippen LogP contribution is 2.42. The molecule has 26 heavy (non-hydrogen) atoms. The predicted molar refractivity (Wildman–Crippen MR) is 106 cm³/mol. The molecule has 2 N–H and O–H groups in total. The van der Waals surface area contributed by atoms with Crippen LogP contribution < -0.4 is 14.8 Å². The Balaban J connectivity index is 1.80. The number of thioether (sulfide) groups is 1. The van der Waals surface area contributed by atoms with Gasteiger partial charge in [-0.3, -0.25) is 10.1 Å². The van der Waals surface area contributed by atoms with Crippen LogP contribution in [-0.2, 0) is 11.4 Å². The number of nitrogens with one attached hydrogen (secondary N) is 1. The lowest BCUT2D eigenvalue weighted by atomic mass is 10.2. The molecule has 5 nitrogen and oxygen atoms in total. The van der Waals surface area contributed by atoms with Crippen molar-refractivity contribution < 1.29 is 19.4 Å². The lowest BCUT2D eigenvalue weighted by Gasteiger charge is -2.18. The number of carbonyl (C=O) groups is 1. The van der Waals surface area contributed by atoms with Crippen LogP contribution in [0.15, 0.2) is 46.9 Å². The minimum absolute atomic E-state index is 0.0882. The fourth-order valence-corrected chi connectivity index (χ4v) is 4.47. The number of ether oxygens (including phenoxy) is 2. The molecule has 0 aromatic heterocycles. The molecular formula is C19H20BrNO4S. The van der Waals surface area contributed by atoms with Crippen LogP contribution in [0.4, 0.5) is 0 Å². The molecule has 0 amide bonds. The highest BCUT2D eigenvalue weighted by atomic mass is 79.9. The summed E-state index contributed by atoms with van der Waals surface area (Å²) in [6.07, 6.45) is 0. The van der Waals surface area contributed by atoms with E-state index in [9.17, 15) is 4.79 Å². The van der Waals surface area contributed by atoms with Crippen LogP contribution in [0.3, 0.4) is 0 Å². The molecule has 1 aliphatic heterocycles. The van der Waals surface area contributed by atoms with Crippen molar-refractivity contribution in [3.8, 4) is 11.5 Å². The summed E-state index contributed by atoms with van der Waals surface area (Å²) in [5.41, 5.74) is 2.03. The molecule has 0 spiro atoms. The van der Waals surface area contributed by atoms with Gasteiger partial charge in [0.05, 0.1) is 16.5 Å². The summed E-state index contributed by atoms with van der Waals surface area (Å²) in [4.78, 5) is 11.2. The monoisotopic (exact) mass is 437 g/mol. The van der Waals surface area contributed by atoms with Crippen LogP contribution in [0.2, 0.25) is 0 Å². The molecule has 0 unspecified atom stereocenters. The average Bonchev–Trinajstić information content (AvgIpc) is 3.12. The van der Waals surface area contributed by atoms with Crippen molar-refractivity contribution in [3.05, 3.63) is 58.1 Å². The molecule has 1 fully saturated rings. The average molecular weight is 438 g/mol. The Morgan fingerprint density at radius 1 is 1.31 bits per heavy atom. The summed E-state index contributed by atoms with van der Waals surface area (Å²) in [5, 5.41) is 12.2. The number of carboxylic acid groups (broad SMARTS) is 1. The summed E-state index contributed by atoms with van der Waals surface area (Å²) in [6.45, 7) is 2.88. The molecule has 2 atom stereocenters. The maximum Gasteiger partial charge on any atom is 0.321 e. The van der Waals surface area contributed by atoms with Gasteiger partial charge in [-0.2, -0.15) is 0 Å². The Morgan fingerprint density at radius 3 is 2.73 bits per heavy atom. The molecular weight excluding hydrogens is 418 g/mol. The zero-order chi connectivity index (χ0) is 18.5. The highest BCUT2D eigenvalue weighted by molar-refractivity contribution is 9.10. The lowest BCUT2D eigenvalue weighted by Crippen LogP contribution is -2.33. The number of carboxylic acids is 1. The predicted octanol–water partition coefficient (Wildman–Crippen LogP) is 4.22. The molecule has 2 aromatic rings. The van der Waals surface area contributed by atoms with E-state index in [-0.39, 0.29) is 5.37 Å². The van der Waals surface area contributed by atoms with Gasteiger partial charge in [0.1, 0.15) is 12.6 Å². The van der Waals surface area contributed by atoms with Crippen LogP contribution >= 0.6 is 27.7 Å². The van der Waals surface area contributed by atoms with Gasteiger partial charge in [0.25, 0.3) is 0 Å². The summed E-state index contributed by atoms with van der Waals surface area (Å²) < 4.78 is 12.6. The molecule has 1 heterocycles. The number of hydrogen-bond acceptors (Lipinski definition) is 5. The van der Waals surface area contributed by atoms with Gasteiger partial charge < -0.3 is 14.6 Å². The second-order valence-corrected chi connectivity index (χ2v) is 7.80. The maximum absolute atomic E-state index is 11.2. The third-order valence-corrected chi connectivity index (χ3v) is 5.80. The van der Waals surface area contributed by atoms with Gasteiger partial charge >= 0.3 is 5.97 Å². The van der Waals surface area contributed by atoms with E-state index < -0.39 is 12.0 Å². The Kier molecular flexibility index (Phi) is 6.45. The number of aliphatic carboxylic acids is 1. The van der Waals surface area contributed by atoms with Gasteiger partial charge in [-0.1, -0.05) is 30.3 Å². The SMILES string of the molecule is CCOc1cc([C@@H]2N[C@H](C(=O)O)CS2)cc(Br)c1OCc1ccccc1. The molecule has 0 aliphatic carbocycles. The summed E-state index contributed by atoms with van der Waals surface area (Å²) in [7, 11) is 0. The molecule has 1 saturated heterocycles. The fraction of sp³-hybridized carbons (Fsp3) is 0.316. The van der Waals surface area contributed by atoms with Gasteiger partial charge in [0.15, 0.2) is 11.5 Å². The molecule has 138 valence electrons. The van der Waals surface area contributed by atoms with Gasteiger partial charge in [-0.05, 0) is 46.1 Å². The second kappa shape index (κ2) is 8.79. The Morgan fingerprint density at radius 2 is 2.08 bits per heavy atom. The van der Waals surface area contributed by atoms with E-state index in [1.165, 1.54) is 0 Å². The van der Waals surface area contributed by atoms with Crippen molar-refractivity contribution in [2.75, 3.05) is 12.4 Å². The topological polar surface area (TPSA) is 67.8 Å². The third-order valence-electron chi connectivity index (χ3n) is 3.94. The van der Waals surface area contributed by atoms with Gasteiger partial charge in [0, 0.05) is 5.75 Å². The van der Waals surface area contributed by atoms with Crippen LogP contribution in [0.25, 0.3) is 0 Å². The first kappa shape index (κ1) is 19.1. The second-order valence-electron chi connectivity index (χ2n) is 5.81. The summed E-state index contributed by atoms with van der Waals surface area (Å²) in [5.74, 6) is 1.01. The Bertz CT molecular complexity index is 772. The van der Waals surface area contributed by atoms with Gasteiger partial charge in [-0.15, -0.1) is 11.8 Å². The summed E-state index contributed by atoms with van der Waals surface area (Å²) in [6, 6.07) is 13.3. The van der Waals surface area contributed by atoms with Crippen molar-refractivity contribution >= 4 is 33.7 Å². The van der Waals surface area contributed by atoms with Crippen LogP contribution in [0.5, 0.6) is 11.5 Å². The standard InChI is InChI=1S/C19H20BrNO4S/c1-2-24-16-9-13(18-21-15(11-26-18)19(22)23)8-14(20)17(16)25-10-12-6-4-3-5-7-12/h3-9,15,18,21H,2,10-11H2,1H3,(H,22,23)/t15-,18+/m0/s1. The normalized spacial score (nSPS) is 19.3. The van der Waals surface area contributed by atoms with Crippen LogP contribution in [-0.4, -0.2) is 29.5 Å². The zero-order valence-corrected chi connectivity index (χ0v) is 16.7. The summed E-state index contributed by atoms with van der Waals surface area (Å²) >= 11 is 5.15. The molecule has 2 aromatic carbocycles. The number of benzene rings is 2. The van der Waals surface area contributed by atoms with Gasteiger partial charge in [-0.25, -0.2) is 0 Å².